The van der Waals surface area contributed by atoms with Crippen molar-refractivity contribution < 1.29 is 9.69 Å². The van der Waals surface area contributed by atoms with E-state index in [-0.39, 0.29) is 5.91 Å². The number of rotatable bonds is 7. The lowest BCUT2D eigenvalue weighted by Gasteiger charge is -2.14. The number of hydrogen-bond donors (Lipinski definition) is 2. The normalized spacial score (nSPS) is 12.1. The Morgan fingerprint density at radius 3 is 2.63 bits per heavy atom. The smallest absolute Gasteiger partial charge is 0.251 e. The highest BCUT2D eigenvalue weighted by Gasteiger charge is 2.15. The molecule has 0 aliphatic carbocycles. The number of aromatic nitrogens is 3. The van der Waals surface area contributed by atoms with Gasteiger partial charge in [-0.05, 0) is 42.7 Å². The third-order valence-corrected chi connectivity index (χ3v) is 5.65. The maximum Gasteiger partial charge on any atom is 0.251 e. The predicted molar refractivity (Wildman–Crippen MR) is 110 cm³/mol. The Bertz CT molecular complexity index is 957. The van der Waals surface area contributed by atoms with Gasteiger partial charge in [0, 0.05) is 24.7 Å². The maximum atomic E-state index is 11.6. The number of hydrogen-bond acceptors (Lipinski definition) is 4. The van der Waals surface area contributed by atoms with E-state index in [1.165, 1.54) is 10.5 Å². The molecule has 0 radical (unpaired) electrons. The molecule has 0 spiro atoms. The fourth-order valence-corrected chi connectivity index (χ4v) is 4.03. The molecule has 3 rings (SSSR count). The summed E-state index contributed by atoms with van der Waals surface area (Å²) in [4.78, 5) is 14.0. The molecule has 8 heteroatoms. The summed E-state index contributed by atoms with van der Waals surface area (Å²) in [6.45, 7) is 4.39. The molecule has 0 saturated carbocycles. The zero-order chi connectivity index (χ0) is 19.4. The number of carbonyl (C=O) groups is 1. The second-order valence-corrected chi connectivity index (χ2v) is 7.71. The summed E-state index contributed by atoms with van der Waals surface area (Å²) in [5.41, 5.74) is 1.84. The minimum atomic E-state index is -0.0697. The van der Waals surface area contributed by atoms with Crippen LogP contribution in [0.1, 0.15) is 22.8 Å². The first-order valence-electron chi connectivity index (χ1n) is 8.87. The summed E-state index contributed by atoms with van der Waals surface area (Å²) in [5.74, 6) is 0.861. The van der Waals surface area contributed by atoms with Gasteiger partial charge in [0.05, 0.1) is 11.9 Å². The van der Waals surface area contributed by atoms with Crippen LogP contribution in [0, 0.1) is 4.77 Å². The van der Waals surface area contributed by atoms with E-state index in [9.17, 15) is 4.79 Å². The van der Waals surface area contributed by atoms with Crippen molar-refractivity contribution in [2.45, 2.75) is 26.7 Å². The monoisotopic (exact) mass is 402 g/mol. The summed E-state index contributed by atoms with van der Waals surface area (Å²) in [6.07, 6.45) is 0. The molecular formula is C19H24N5OS2+. The average Bonchev–Trinajstić information content (AvgIpc) is 3.30. The van der Waals surface area contributed by atoms with Crippen LogP contribution in [-0.4, -0.2) is 34.4 Å². The minimum Gasteiger partial charge on any atom is -0.355 e. The van der Waals surface area contributed by atoms with Crippen molar-refractivity contribution >= 4 is 29.5 Å². The van der Waals surface area contributed by atoms with Crippen LogP contribution in [0.15, 0.2) is 41.8 Å². The standard InChI is InChI=1S/C19H23N5OS2/c1-4-23-17(16-6-5-11-27-16)21-24(19(23)26)13-22(3)12-14-7-9-15(10-8-14)18(25)20-2/h5-11H,4,12-13H2,1-3H3,(H,20,25)/p+1. The zero-order valence-electron chi connectivity index (χ0n) is 15.7. The molecule has 0 fully saturated rings. The van der Waals surface area contributed by atoms with Gasteiger partial charge >= 0.3 is 0 Å². The van der Waals surface area contributed by atoms with Gasteiger partial charge < -0.3 is 10.2 Å². The molecule has 0 aliphatic heterocycles. The summed E-state index contributed by atoms with van der Waals surface area (Å²) in [7, 11) is 3.75. The Kier molecular flexibility index (Phi) is 6.20. The third-order valence-electron chi connectivity index (χ3n) is 4.35. The molecule has 2 N–H and O–H groups in total. The van der Waals surface area contributed by atoms with Gasteiger partial charge in [-0.15, -0.1) is 16.4 Å². The first kappa shape index (κ1) is 19.5. The largest absolute Gasteiger partial charge is 0.355 e. The molecule has 142 valence electrons. The molecule has 0 aliphatic rings. The number of nitrogens with one attached hydrogen (secondary N) is 2. The molecule has 27 heavy (non-hydrogen) atoms. The molecule has 1 unspecified atom stereocenters. The van der Waals surface area contributed by atoms with Crippen molar-refractivity contribution in [1.82, 2.24) is 19.7 Å². The Morgan fingerprint density at radius 2 is 2.04 bits per heavy atom. The van der Waals surface area contributed by atoms with Gasteiger partial charge in [-0.3, -0.25) is 9.36 Å². The summed E-state index contributed by atoms with van der Waals surface area (Å²) >= 11 is 7.31. The third kappa shape index (κ3) is 4.35. The number of nitrogens with zero attached hydrogens (tertiary/aromatic N) is 3. The molecule has 0 saturated heterocycles. The summed E-state index contributed by atoms with van der Waals surface area (Å²) in [6, 6.07) is 11.8. The Hall–Kier alpha value is -2.29. The molecule has 1 aromatic carbocycles. The molecule has 2 heterocycles. The summed E-state index contributed by atoms with van der Waals surface area (Å²) in [5, 5.41) is 9.45. The molecule has 1 atom stereocenters. The van der Waals surface area contributed by atoms with Crippen molar-refractivity contribution in [2.24, 2.45) is 0 Å². The predicted octanol–water partition coefficient (Wildman–Crippen LogP) is 2.19. The molecule has 6 nitrogen and oxygen atoms in total. The minimum absolute atomic E-state index is 0.0697. The zero-order valence-corrected chi connectivity index (χ0v) is 17.4. The maximum absolute atomic E-state index is 11.6. The number of amides is 1. The first-order valence-corrected chi connectivity index (χ1v) is 10.2. The van der Waals surface area contributed by atoms with Gasteiger partial charge in [0.1, 0.15) is 6.54 Å². The molecule has 1 amide bonds. The van der Waals surface area contributed by atoms with E-state index in [1.807, 2.05) is 35.0 Å². The van der Waals surface area contributed by atoms with E-state index in [0.717, 1.165) is 28.6 Å². The van der Waals surface area contributed by atoms with E-state index < -0.39 is 0 Å². The topological polar surface area (TPSA) is 56.3 Å². The Balaban J connectivity index is 1.73. The van der Waals surface area contributed by atoms with Gasteiger partial charge in [-0.2, -0.15) is 4.68 Å². The second-order valence-electron chi connectivity index (χ2n) is 6.40. The Labute approximate surface area is 168 Å². The van der Waals surface area contributed by atoms with Crippen LogP contribution in [-0.2, 0) is 19.8 Å². The first-order chi connectivity index (χ1) is 13.0. The van der Waals surface area contributed by atoms with Gasteiger partial charge in [0.25, 0.3) is 5.91 Å². The fourth-order valence-electron chi connectivity index (χ4n) is 3.00. The van der Waals surface area contributed by atoms with Gasteiger partial charge in [-0.25, -0.2) is 0 Å². The highest BCUT2D eigenvalue weighted by Crippen LogP contribution is 2.23. The van der Waals surface area contributed by atoms with Crippen molar-refractivity contribution in [1.29, 1.82) is 0 Å². The number of carbonyl (C=O) groups excluding carboxylic acids is 1. The van der Waals surface area contributed by atoms with Crippen LogP contribution in [0.2, 0.25) is 0 Å². The highest BCUT2D eigenvalue weighted by atomic mass is 32.1. The van der Waals surface area contributed by atoms with Crippen LogP contribution in [0.25, 0.3) is 10.7 Å². The van der Waals surface area contributed by atoms with Crippen LogP contribution in [0.5, 0.6) is 0 Å². The quantitative estimate of drug-likeness (QED) is 0.596. The lowest BCUT2D eigenvalue weighted by Crippen LogP contribution is -3.07. The van der Waals surface area contributed by atoms with Gasteiger partial charge in [0.2, 0.25) is 4.77 Å². The van der Waals surface area contributed by atoms with E-state index >= 15 is 0 Å². The highest BCUT2D eigenvalue weighted by molar-refractivity contribution is 7.71. The lowest BCUT2D eigenvalue weighted by molar-refractivity contribution is -0.917. The molecule has 0 bridgehead atoms. The van der Waals surface area contributed by atoms with Crippen LogP contribution < -0.4 is 10.2 Å². The van der Waals surface area contributed by atoms with Crippen LogP contribution in [0.4, 0.5) is 0 Å². The average molecular weight is 403 g/mol. The lowest BCUT2D eigenvalue weighted by atomic mass is 10.1. The molecule has 3 aromatic rings. The van der Waals surface area contributed by atoms with Gasteiger partial charge in [-0.1, -0.05) is 18.2 Å². The fraction of sp³-hybridized carbons (Fsp3) is 0.316. The number of thiophene rings is 1. The van der Waals surface area contributed by atoms with E-state index in [1.54, 1.807) is 18.4 Å². The number of quaternary nitrogens is 1. The van der Waals surface area contributed by atoms with Crippen LogP contribution in [0.3, 0.4) is 0 Å². The number of benzene rings is 1. The van der Waals surface area contributed by atoms with E-state index in [4.69, 9.17) is 17.3 Å². The van der Waals surface area contributed by atoms with Gasteiger partial charge in [0.15, 0.2) is 12.5 Å². The van der Waals surface area contributed by atoms with E-state index in [0.29, 0.717) is 12.2 Å². The molecule has 2 aromatic heterocycles. The van der Waals surface area contributed by atoms with E-state index in [2.05, 4.69) is 35.3 Å². The van der Waals surface area contributed by atoms with Crippen molar-refractivity contribution in [3.63, 3.8) is 0 Å². The van der Waals surface area contributed by atoms with Crippen molar-refractivity contribution in [2.75, 3.05) is 14.1 Å². The summed E-state index contributed by atoms with van der Waals surface area (Å²) < 4.78 is 4.73. The van der Waals surface area contributed by atoms with Crippen molar-refractivity contribution in [3.05, 3.63) is 57.7 Å². The molecular weight excluding hydrogens is 378 g/mol. The van der Waals surface area contributed by atoms with Crippen LogP contribution >= 0.6 is 23.6 Å². The van der Waals surface area contributed by atoms with Crippen molar-refractivity contribution in [3.8, 4) is 10.7 Å². The Morgan fingerprint density at radius 1 is 1.30 bits per heavy atom. The second kappa shape index (κ2) is 8.60. The SMILES string of the molecule is CCn1c(-c2cccs2)nn(C[NH+](C)Cc2ccc(C(=O)NC)cc2)c1=S.